The first kappa shape index (κ1) is 17.2. The molecule has 1 aliphatic rings. The Morgan fingerprint density at radius 3 is 2.65 bits per heavy atom. The molecule has 0 radical (unpaired) electrons. The topological polar surface area (TPSA) is 58.3 Å². The summed E-state index contributed by atoms with van der Waals surface area (Å²) in [5, 5.41) is 0.827. The molecule has 0 saturated carbocycles. The number of thioether (sulfide) groups is 1. The van der Waals surface area contributed by atoms with Crippen LogP contribution in [0.3, 0.4) is 0 Å². The van der Waals surface area contributed by atoms with Crippen LogP contribution in [0.15, 0.2) is 40.2 Å². The average Bonchev–Trinajstić information content (AvgIpc) is 3.07. The van der Waals surface area contributed by atoms with E-state index in [1.54, 1.807) is 17.8 Å². The number of oxazole rings is 1. The zero-order valence-corrected chi connectivity index (χ0v) is 15.4. The normalized spacial score (nSPS) is 15.7. The van der Waals surface area contributed by atoms with Crippen molar-refractivity contribution in [3.63, 3.8) is 0 Å². The van der Waals surface area contributed by atoms with E-state index in [1.807, 2.05) is 12.4 Å². The van der Waals surface area contributed by atoms with Gasteiger partial charge in [-0.25, -0.2) is 14.4 Å². The van der Waals surface area contributed by atoms with Crippen LogP contribution in [-0.4, -0.2) is 51.8 Å². The predicted octanol–water partition coefficient (Wildman–Crippen LogP) is 3.19. The van der Waals surface area contributed by atoms with Gasteiger partial charge in [0, 0.05) is 56.7 Å². The molecule has 1 saturated heterocycles. The van der Waals surface area contributed by atoms with Crippen molar-refractivity contribution in [3.05, 3.63) is 42.0 Å². The molecule has 0 spiro atoms. The van der Waals surface area contributed by atoms with Crippen LogP contribution >= 0.6 is 11.8 Å². The molecule has 1 aromatic carbocycles. The van der Waals surface area contributed by atoms with Crippen LogP contribution in [0, 0.1) is 5.82 Å². The minimum atomic E-state index is -0.310. The summed E-state index contributed by atoms with van der Waals surface area (Å²) >= 11 is 1.65. The minimum Gasteiger partial charge on any atom is -0.423 e. The lowest BCUT2D eigenvalue weighted by Crippen LogP contribution is -2.46. The van der Waals surface area contributed by atoms with Crippen molar-refractivity contribution in [2.75, 3.05) is 36.8 Å². The van der Waals surface area contributed by atoms with Crippen molar-refractivity contribution < 1.29 is 8.81 Å². The summed E-state index contributed by atoms with van der Waals surface area (Å²) < 4.78 is 19.0. The SMILES string of the molecule is CCSc1ncc(CN2CCN(c3nc4ccc(F)cc4o3)CC2)cn1. The fourth-order valence-electron chi connectivity index (χ4n) is 3.01. The summed E-state index contributed by atoms with van der Waals surface area (Å²) in [6.07, 6.45) is 3.82. The van der Waals surface area contributed by atoms with Gasteiger partial charge in [-0.05, 0) is 17.9 Å². The molecule has 0 unspecified atom stereocenters. The van der Waals surface area contributed by atoms with Gasteiger partial charge in [-0.1, -0.05) is 18.7 Å². The van der Waals surface area contributed by atoms with E-state index in [4.69, 9.17) is 4.42 Å². The Labute approximate surface area is 155 Å². The first-order valence-electron chi connectivity index (χ1n) is 8.68. The number of fused-ring (bicyclic) bond motifs is 1. The maximum atomic E-state index is 13.3. The molecular weight excluding hydrogens is 353 g/mol. The Bertz CT molecular complexity index is 877. The quantitative estimate of drug-likeness (QED) is 0.503. The Kier molecular flexibility index (Phi) is 5.03. The van der Waals surface area contributed by atoms with Gasteiger partial charge in [0.05, 0.1) is 0 Å². The molecule has 6 nitrogen and oxygen atoms in total. The Hall–Kier alpha value is -2.19. The number of hydrogen-bond donors (Lipinski definition) is 0. The average molecular weight is 373 g/mol. The Morgan fingerprint density at radius 2 is 1.92 bits per heavy atom. The van der Waals surface area contributed by atoms with Crippen LogP contribution in [0.4, 0.5) is 10.4 Å². The van der Waals surface area contributed by atoms with Crippen LogP contribution < -0.4 is 4.90 Å². The highest BCUT2D eigenvalue weighted by Crippen LogP contribution is 2.23. The summed E-state index contributed by atoms with van der Waals surface area (Å²) in [5.74, 6) is 0.666. The maximum absolute atomic E-state index is 13.3. The minimum absolute atomic E-state index is 0.310. The van der Waals surface area contributed by atoms with Crippen LogP contribution in [0.2, 0.25) is 0 Å². The Morgan fingerprint density at radius 1 is 1.15 bits per heavy atom. The van der Waals surface area contributed by atoms with Crippen LogP contribution in [0.5, 0.6) is 0 Å². The smallest absolute Gasteiger partial charge is 0.298 e. The molecule has 8 heteroatoms. The zero-order chi connectivity index (χ0) is 17.9. The molecule has 0 atom stereocenters. The first-order valence-corrected chi connectivity index (χ1v) is 9.67. The van der Waals surface area contributed by atoms with Crippen molar-refractivity contribution in [2.24, 2.45) is 0 Å². The molecule has 0 bridgehead atoms. The van der Waals surface area contributed by atoms with Gasteiger partial charge in [0.2, 0.25) is 0 Å². The first-order chi connectivity index (χ1) is 12.7. The van der Waals surface area contributed by atoms with E-state index in [0.717, 1.165) is 49.2 Å². The third kappa shape index (κ3) is 3.81. The molecule has 1 fully saturated rings. The van der Waals surface area contributed by atoms with Gasteiger partial charge in [0.15, 0.2) is 10.7 Å². The van der Waals surface area contributed by atoms with E-state index in [-0.39, 0.29) is 5.82 Å². The van der Waals surface area contributed by atoms with E-state index in [1.165, 1.54) is 12.1 Å². The molecule has 3 aromatic rings. The van der Waals surface area contributed by atoms with Gasteiger partial charge >= 0.3 is 0 Å². The number of benzene rings is 1. The van der Waals surface area contributed by atoms with Crippen molar-refractivity contribution >= 4 is 28.9 Å². The summed E-state index contributed by atoms with van der Waals surface area (Å²) in [6, 6.07) is 4.99. The number of rotatable bonds is 5. The van der Waals surface area contributed by atoms with Crippen molar-refractivity contribution in [3.8, 4) is 0 Å². The molecule has 0 amide bonds. The highest BCUT2D eigenvalue weighted by atomic mass is 32.2. The second kappa shape index (κ2) is 7.59. The van der Waals surface area contributed by atoms with Crippen LogP contribution in [0.25, 0.3) is 11.1 Å². The second-order valence-corrected chi connectivity index (χ2v) is 7.41. The van der Waals surface area contributed by atoms with Crippen molar-refractivity contribution in [2.45, 2.75) is 18.6 Å². The summed E-state index contributed by atoms with van der Waals surface area (Å²) in [4.78, 5) is 17.7. The number of hydrogen-bond acceptors (Lipinski definition) is 7. The van der Waals surface area contributed by atoms with E-state index in [0.29, 0.717) is 17.1 Å². The van der Waals surface area contributed by atoms with Gasteiger partial charge in [0.1, 0.15) is 11.3 Å². The molecule has 0 N–H and O–H groups in total. The molecule has 1 aliphatic heterocycles. The molecule has 136 valence electrons. The lowest BCUT2D eigenvalue weighted by Gasteiger charge is -2.33. The molecule has 3 heterocycles. The fourth-order valence-corrected chi connectivity index (χ4v) is 3.52. The van der Waals surface area contributed by atoms with Gasteiger partial charge in [-0.3, -0.25) is 4.90 Å². The Balaban J connectivity index is 1.35. The van der Waals surface area contributed by atoms with Gasteiger partial charge in [-0.15, -0.1) is 0 Å². The largest absolute Gasteiger partial charge is 0.423 e. The lowest BCUT2D eigenvalue weighted by molar-refractivity contribution is 0.245. The van der Waals surface area contributed by atoms with Gasteiger partial charge in [0.25, 0.3) is 6.01 Å². The molecular formula is C18H20FN5OS. The maximum Gasteiger partial charge on any atom is 0.298 e. The molecule has 0 aliphatic carbocycles. The highest BCUT2D eigenvalue weighted by Gasteiger charge is 2.21. The van der Waals surface area contributed by atoms with Crippen LogP contribution in [-0.2, 0) is 6.54 Å². The summed E-state index contributed by atoms with van der Waals surface area (Å²) in [6.45, 7) is 6.37. The molecule has 2 aromatic heterocycles. The highest BCUT2D eigenvalue weighted by molar-refractivity contribution is 7.99. The third-order valence-corrected chi connectivity index (χ3v) is 5.10. The van der Waals surface area contributed by atoms with Crippen molar-refractivity contribution in [1.29, 1.82) is 0 Å². The number of piperazine rings is 1. The van der Waals surface area contributed by atoms with Crippen LogP contribution in [0.1, 0.15) is 12.5 Å². The lowest BCUT2D eigenvalue weighted by atomic mass is 10.2. The van der Waals surface area contributed by atoms with E-state index < -0.39 is 0 Å². The monoisotopic (exact) mass is 373 g/mol. The van der Waals surface area contributed by atoms with E-state index in [2.05, 4.69) is 31.7 Å². The number of aromatic nitrogens is 3. The van der Waals surface area contributed by atoms with Crippen molar-refractivity contribution in [1.82, 2.24) is 19.9 Å². The molecule has 4 rings (SSSR count). The standard InChI is InChI=1S/C18H20FN5OS/c1-2-26-17-20-10-13(11-21-17)12-23-5-7-24(8-6-23)18-22-15-4-3-14(19)9-16(15)25-18/h3-4,9-11H,2,5-8,12H2,1H3. The van der Waals surface area contributed by atoms with Gasteiger partial charge in [-0.2, -0.15) is 4.98 Å². The third-order valence-electron chi connectivity index (χ3n) is 4.34. The number of nitrogens with zero attached hydrogens (tertiary/aromatic N) is 5. The number of halogens is 1. The fraction of sp³-hybridized carbons (Fsp3) is 0.389. The summed E-state index contributed by atoms with van der Waals surface area (Å²) in [5.41, 5.74) is 2.30. The summed E-state index contributed by atoms with van der Waals surface area (Å²) in [7, 11) is 0. The number of anilines is 1. The zero-order valence-electron chi connectivity index (χ0n) is 14.6. The second-order valence-electron chi connectivity index (χ2n) is 6.18. The van der Waals surface area contributed by atoms with E-state index in [9.17, 15) is 4.39 Å². The predicted molar refractivity (Wildman–Crippen MR) is 99.9 cm³/mol. The van der Waals surface area contributed by atoms with Gasteiger partial charge < -0.3 is 9.32 Å². The van der Waals surface area contributed by atoms with E-state index >= 15 is 0 Å². The molecule has 26 heavy (non-hydrogen) atoms.